The Balaban J connectivity index is 1.76. The second-order valence-corrected chi connectivity index (χ2v) is 8.23. The third-order valence-corrected chi connectivity index (χ3v) is 5.45. The van der Waals surface area contributed by atoms with E-state index in [-0.39, 0.29) is 17.2 Å². The van der Waals surface area contributed by atoms with E-state index in [1.165, 1.54) is 0 Å². The lowest BCUT2D eigenvalue weighted by molar-refractivity contribution is -0.138. The summed E-state index contributed by atoms with van der Waals surface area (Å²) in [6, 6.07) is 0. The van der Waals surface area contributed by atoms with E-state index in [2.05, 4.69) is 15.0 Å². The molecular weight excluding hydrogens is 408 g/mol. The zero-order valence-corrected chi connectivity index (χ0v) is 18.4. The molecule has 0 spiro atoms. The van der Waals surface area contributed by atoms with Crippen molar-refractivity contribution in [1.82, 2.24) is 24.7 Å². The topological polar surface area (TPSA) is 110 Å². The number of pyridine rings is 1. The van der Waals surface area contributed by atoms with Gasteiger partial charge in [0.1, 0.15) is 10.9 Å². The van der Waals surface area contributed by atoms with Crippen LogP contribution in [0.5, 0.6) is 5.75 Å². The molecule has 4 rings (SSSR count). The van der Waals surface area contributed by atoms with Gasteiger partial charge in [0.25, 0.3) is 0 Å². The summed E-state index contributed by atoms with van der Waals surface area (Å²) in [7, 11) is 1.65. The first-order valence-electron chi connectivity index (χ1n) is 9.67. The van der Waals surface area contributed by atoms with Crippen molar-refractivity contribution in [2.24, 2.45) is 0 Å². The van der Waals surface area contributed by atoms with E-state index in [1.54, 1.807) is 18.0 Å². The van der Waals surface area contributed by atoms with Crippen molar-refractivity contribution in [2.75, 3.05) is 19.5 Å². The molecule has 10 heteroatoms. The molecule has 0 radical (unpaired) electrons. The Morgan fingerprint density at radius 2 is 2.07 bits per heavy atom. The van der Waals surface area contributed by atoms with Crippen molar-refractivity contribution in [2.45, 2.75) is 52.6 Å². The molecule has 3 aromatic heterocycles. The minimum atomic E-state index is -0.618. The maximum atomic E-state index is 6.43. The fourth-order valence-electron chi connectivity index (χ4n) is 3.82. The number of aryl methyl sites for hydroxylation is 1. The van der Waals surface area contributed by atoms with E-state index in [4.69, 9.17) is 36.6 Å². The molecular formula is C20H25ClN6O3. The van der Waals surface area contributed by atoms with Crippen molar-refractivity contribution in [3.63, 3.8) is 0 Å². The lowest BCUT2D eigenvalue weighted by Crippen LogP contribution is -2.22. The minimum Gasteiger partial charge on any atom is -0.496 e. The maximum Gasteiger partial charge on any atom is 0.223 e. The van der Waals surface area contributed by atoms with Crippen LogP contribution in [-0.2, 0) is 22.4 Å². The first-order valence-corrected chi connectivity index (χ1v) is 10.1. The van der Waals surface area contributed by atoms with Gasteiger partial charge in [0.15, 0.2) is 11.4 Å². The highest BCUT2D eigenvalue weighted by atomic mass is 35.5. The van der Waals surface area contributed by atoms with E-state index in [0.29, 0.717) is 30.6 Å². The van der Waals surface area contributed by atoms with Gasteiger partial charge in [0.05, 0.1) is 43.1 Å². The smallest absolute Gasteiger partial charge is 0.223 e. The Bertz CT molecular complexity index is 1110. The first-order chi connectivity index (χ1) is 14.2. The highest BCUT2D eigenvalue weighted by Crippen LogP contribution is 2.31. The van der Waals surface area contributed by atoms with Crippen molar-refractivity contribution in [3.05, 3.63) is 33.9 Å². The van der Waals surface area contributed by atoms with Gasteiger partial charge in [-0.2, -0.15) is 10.1 Å². The van der Waals surface area contributed by atoms with Gasteiger partial charge in [0.2, 0.25) is 5.95 Å². The first kappa shape index (κ1) is 20.8. The second-order valence-electron chi connectivity index (χ2n) is 7.88. The van der Waals surface area contributed by atoms with Gasteiger partial charge in [-0.3, -0.25) is 4.98 Å². The van der Waals surface area contributed by atoms with Gasteiger partial charge in [-0.05, 0) is 27.7 Å². The molecule has 0 amide bonds. The van der Waals surface area contributed by atoms with Crippen LogP contribution >= 0.6 is 11.6 Å². The molecule has 160 valence electrons. The highest BCUT2D eigenvalue weighted by molar-refractivity contribution is 6.34. The van der Waals surface area contributed by atoms with Crippen molar-refractivity contribution < 1.29 is 14.2 Å². The summed E-state index contributed by atoms with van der Waals surface area (Å²) in [6.45, 7) is 8.58. The number of hydrogen-bond acceptors (Lipinski definition) is 8. The molecule has 9 nitrogen and oxygen atoms in total. The van der Waals surface area contributed by atoms with Crippen LogP contribution in [0.1, 0.15) is 36.4 Å². The molecule has 1 saturated heterocycles. The Labute approximate surface area is 179 Å². The summed E-state index contributed by atoms with van der Waals surface area (Å²) in [5.41, 5.74) is 9.90. The normalized spacial score (nSPS) is 18.3. The number of halogens is 1. The van der Waals surface area contributed by atoms with Crippen LogP contribution in [0.4, 0.5) is 5.95 Å². The monoisotopic (exact) mass is 432 g/mol. The van der Waals surface area contributed by atoms with Crippen LogP contribution in [0.15, 0.2) is 6.20 Å². The molecule has 0 aliphatic carbocycles. The van der Waals surface area contributed by atoms with Crippen LogP contribution in [-0.4, -0.2) is 50.3 Å². The number of methoxy groups -OCH3 is 1. The molecule has 0 aromatic carbocycles. The SMILES string of the molecule is COc1c(C)cnc(Cn2nc(CC3COC(C)(C)O3)c3c(Cl)nc(N)nc32)c1C. The lowest BCUT2D eigenvalue weighted by Gasteiger charge is -2.16. The molecule has 0 saturated carbocycles. The fraction of sp³-hybridized carbons (Fsp3) is 0.500. The van der Waals surface area contributed by atoms with Crippen LogP contribution in [0.2, 0.25) is 5.15 Å². The van der Waals surface area contributed by atoms with Crippen molar-refractivity contribution in [3.8, 4) is 5.75 Å². The minimum absolute atomic E-state index is 0.0907. The molecule has 0 bridgehead atoms. The van der Waals surface area contributed by atoms with Gasteiger partial charge in [-0.25, -0.2) is 9.67 Å². The largest absolute Gasteiger partial charge is 0.496 e. The number of ether oxygens (including phenoxy) is 3. The number of nitrogens with zero attached hydrogens (tertiary/aromatic N) is 5. The Kier molecular flexibility index (Phi) is 5.29. The maximum absolute atomic E-state index is 6.43. The zero-order chi connectivity index (χ0) is 21.6. The third kappa shape index (κ3) is 3.80. The number of fused-ring (bicyclic) bond motifs is 1. The summed E-state index contributed by atoms with van der Waals surface area (Å²) in [5, 5.41) is 5.70. The van der Waals surface area contributed by atoms with Crippen molar-refractivity contribution >= 4 is 28.6 Å². The van der Waals surface area contributed by atoms with Crippen LogP contribution < -0.4 is 10.5 Å². The lowest BCUT2D eigenvalue weighted by atomic mass is 10.1. The van der Waals surface area contributed by atoms with Crippen LogP contribution in [0.3, 0.4) is 0 Å². The van der Waals surface area contributed by atoms with E-state index >= 15 is 0 Å². The summed E-state index contributed by atoms with van der Waals surface area (Å²) in [5.74, 6) is 0.281. The number of nitrogen functional groups attached to an aromatic ring is 1. The molecule has 1 unspecified atom stereocenters. The molecule has 30 heavy (non-hydrogen) atoms. The predicted octanol–water partition coefficient (Wildman–Crippen LogP) is 2.82. The molecule has 3 aromatic rings. The van der Waals surface area contributed by atoms with Gasteiger partial charge < -0.3 is 19.9 Å². The number of hydrogen-bond donors (Lipinski definition) is 1. The number of aromatic nitrogens is 5. The molecule has 2 N–H and O–H groups in total. The second kappa shape index (κ2) is 7.64. The summed E-state index contributed by atoms with van der Waals surface area (Å²) < 4.78 is 18.9. The van der Waals surface area contributed by atoms with Gasteiger partial charge in [-0.1, -0.05) is 11.6 Å². The summed E-state index contributed by atoms with van der Waals surface area (Å²) in [6.07, 6.45) is 2.17. The van der Waals surface area contributed by atoms with Crippen LogP contribution in [0.25, 0.3) is 11.0 Å². The fourth-order valence-corrected chi connectivity index (χ4v) is 4.10. The van der Waals surface area contributed by atoms with Crippen LogP contribution in [0, 0.1) is 13.8 Å². The van der Waals surface area contributed by atoms with E-state index < -0.39 is 5.79 Å². The van der Waals surface area contributed by atoms with Gasteiger partial charge >= 0.3 is 0 Å². The quantitative estimate of drug-likeness (QED) is 0.613. The van der Waals surface area contributed by atoms with E-state index in [0.717, 1.165) is 28.3 Å². The number of rotatable bonds is 5. The molecule has 1 aliphatic heterocycles. The van der Waals surface area contributed by atoms with Crippen molar-refractivity contribution in [1.29, 1.82) is 0 Å². The molecule has 1 aliphatic rings. The van der Waals surface area contributed by atoms with E-state index in [9.17, 15) is 0 Å². The standard InChI is InChI=1S/C20H25ClN6O3/c1-10-7-23-14(11(2)16(10)28-5)8-27-18-15(17(21)24-19(22)25-18)13(26-27)6-12-9-29-20(3,4)30-12/h7,12H,6,8-9H2,1-5H3,(H2,22,24,25). The van der Waals surface area contributed by atoms with Gasteiger partial charge in [0, 0.05) is 23.7 Å². The average Bonchev–Trinajstić information content (AvgIpc) is 3.17. The average molecular weight is 433 g/mol. The number of nitrogens with two attached hydrogens (primary N) is 1. The highest BCUT2D eigenvalue weighted by Gasteiger charge is 2.34. The summed E-state index contributed by atoms with van der Waals surface area (Å²) in [4.78, 5) is 13.1. The van der Waals surface area contributed by atoms with Gasteiger partial charge in [-0.15, -0.1) is 0 Å². The molecule has 1 atom stereocenters. The Hall–Kier alpha value is -2.49. The Morgan fingerprint density at radius 1 is 1.30 bits per heavy atom. The van der Waals surface area contributed by atoms with E-state index in [1.807, 2.05) is 27.7 Å². The summed E-state index contributed by atoms with van der Waals surface area (Å²) >= 11 is 6.43. The Morgan fingerprint density at radius 3 is 2.73 bits per heavy atom. The zero-order valence-electron chi connectivity index (χ0n) is 17.7. The predicted molar refractivity (Wildman–Crippen MR) is 113 cm³/mol. The third-order valence-electron chi connectivity index (χ3n) is 5.18. The number of anilines is 1. The molecule has 1 fully saturated rings. The molecule has 4 heterocycles.